The first-order valence-electron chi connectivity index (χ1n) is 10.0. The molecule has 8 heteroatoms. The first-order valence-corrected chi connectivity index (χ1v) is 10.0. The van der Waals surface area contributed by atoms with E-state index in [-0.39, 0.29) is 29.6 Å². The van der Waals surface area contributed by atoms with Crippen molar-refractivity contribution in [2.24, 2.45) is 5.73 Å². The van der Waals surface area contributed by atoms with Crippen LogP contribution < -0.4 is 15.2 Å². The maximum absolute atomic E-state index is 14.0. The number of Topliss-reactive ketones (excluding diaryl/α,β-unsaturated/α-hetero) is 1. The maximum atomic E-state index is 14.0. The molecular formula is C24H20F2N2O4. The Morgan fingerprint density at radius 2 is 1.97 bits per heavy atom. The van der Waals surface area contributed by atoms with Gasteiger partial charge < -0.3 is 19.9 Å². The minimum Gasteiger partial charge on any atom is -0.496 e. The molecule has 1 unspecified atom stereocenters. The second-order valence-corrected chi connectivity index (χ2v) is 7.47. The number of carbonyl (C=O) groups excluding carboxylic acids is 1. The van der Waals surface area contributed by atoms with Crippen LogP contribution >= 0.6 is 0 Å². The molecule has 1 heterocycles. The minimum atomic E-state index is -0.824. The highest BCUT2D eigenvalue weighted by molar-refractivity contribution is 5.99. The van der Waals surface area contributed by atoms with Crippen molar-refractivity contribution in [3.8, 4) is 17.6 Å². The SMILES string of the molecule is COc1ccc(C2C(C#N)=C(N)OC3=C2C(=O)CCC3)cc1COc1ccc(F)cc1F. The van der Waals surface area contributed by atoms with Crippen LogP contribution in [0.4, 0.5) is 8.78 Å². The molecule has 0 aromatic heterocycles. The average molecular weight is 438 g/mol. The summed E-state index contributed by atoms with van der Waals surface area (Å²) in [7, 11) is 1.48. The van der Waals surface area contributed by atoms with Gasteiger partial charge in [0.05, 0.1) is 13.0 Å². The van der Waals surface area contributed by atoms with Crippen LogP contribution in [0, 0.1) is 23.0 Å². The lowest BCUT2D eigenvalue weighted by atomic mass is 9.77. The van der Waals surface area contributed by atoms with Crippen molar-refractivity contribution in [3.63, 3.8) is 0 Å². The fourth-order valence-corrected chi connectivity index (χ4v) is 4.03. The summed E-state index contributed by atoms with van der Waals surface area (Å²) in [4.78, 5) is 12.7. The van der Waals surface area contributed by atoms with Crippen molar-refractivity contribution >= 4 is 5.78 Å². The molecule has 0 spiro atoms. The fraction of sp³-hybridized carbons (Fsp3) is 0.250. The van der Waals surface area contributed by atoms with Crippen LogP contribution in [0.2, 0.25) is 0 Å². The van der Waals surface area contributed by atoms with Crippen molar-refractivity contribution < 1.29 is 27.8 Å². The third-order valence-electron chi connectivity index (χ3n) is 5.52. The highest BCUT2D eigenvalue weighted by Gasteiger charge is 2.38. The molecule has 2 aromatic carbocycles. The maximum Gasteiger partial charge on any atom is 0.205 e. The lowest BCUT2D eigenvalue weighted by Gasteiger charge is -2.31. The lowest BCUT2D eigenvalue weighted by molar-refractivity contribution is -0.116. The second kappa shape index (κ2) is 8.71. The summed E-state index contributed by atoms with van der Waals surface area (Å²) < 4.78 is 43.6. The van der Waals surface area contributed by atoms with Crippen LogP contribution in [0.25, 0.3) is 0 Å². The topological polar surface area (TPSA) is 94.6 Å². The van der Waals surface area contributed by atoms with Gasteiger partial charge in [0.2, 0.25) is 5.88 Å². The molecule has 32 heavy (non-hydrogen) atoms. The van der Waals surface area contributed by atoms with Crippen LogP contribution in [-0.4, -0.2) is 12.9 Å². The van der Waals surface area contributed by atoms with Gasteiger partial charge in [-0.15, -0.1) is 0 Å². The van der Waals surface area contributed by atoms with Crippen molar-refractivity contribution in [2.45, 2.75) is 31.8 Å². The van der Waals surface area contributed by atoms with E-state index in [2.05, 4.69) is 6.07 Å². The quantitative estimate of drug-likeness (QED) is 0.745. The average Bonchev–Trinajstić information content (AvgIpc) is 2.77. The van der Waals surface area contributed by atoms with Gasteiger partial charge in [-0.05, 0) is 36.2 Å². The molecule has 6 nitrogen and oxygen atoms in total. The number of ketones is 1. The molecule has 4 rings (SSSR count). The van der Waals surface area contributed by atoms with Gasteiger partial charge in [-0.1, -0.05) is 6.07 Å². The molecule has 0 fully saturated rings. The molecule has 164 valence electrons. The molecule has 1 aliphatic carbocycles. The van der Waals surface area contributed by atoms with Crippen molar-refractivity contribution in [1.82, 2.24) is 0 Å². The molecule has 2 aliphatic rings. The van der Waals surface area contributed by atoms with Gasteiger partial charge in [0.25, 0.3) is 0 Å². The third kappa shape index (κ3) is 3.89. The van der Waals surface area contributed by atoms with Crippen LogP contribution in [-0.2, 0) is 16.1 Å². The van der Waals surface area contributed by atoms with E-state index in [1.807, 2.05) is 0 Å². The number of benzene rings is 2. The molecule has 2 N–H and O–H groups in total. The summed E-state index contributed by atoms with van der Waals surface area (Å²) >= 11 is 0. The van der Waals surface area contributed by atoms with Gasteiger partial charge in [-0.2, -0.15) is 5.26 Å². The molecule has 0 radical (unpaired) electrons. The number of methoxy groups -OCH3 is 1. The number of nitriles is 1. The Bertz CT molecular complexity index is 1200. The number of hydrogen-bond donors (Lipinski definition) is 1. The lowest BCUT2D eigenvalue weighted by Crippen LogP contribution is -2.27. The second-order valence-electron chi connectivity index (χ2n) is 7.47. The standard InChI is InChI=1S/C24H20F2N2O4/c1-30-19-7-5-13(9-14(19)12-31-20-8-6-15(25)10-17(20)26)22-16(11-27)24(28)32-21-4-2-3-18(29)23(21)22/h5-10,22H,2-4,12,28H2,1H3. The van der Waals surface area contributed by atoms with E-state index in [1.54, 1.807) is 18.2 Å². The summed E-state index contributed by atoms with van der Waals surface area (Å²) in [6.45, 7) is -0.0796. The summed E-state index contributed by atoms with van der Waals surface area (Å²) in [5, 5.41) is 9.72. The number of carbonyl (C=O) groups is 1. The van der Waals surface area contributed by atoms with Crippen molar-refractivity contribution in [1.29, 1.82) is 5.26 Å². The first kappa shape index (κ1) is 21.4. The van der Waals surface area contributed by atoms with Crippen LogP contribution in [0.15, 0.2) is 59.2 Å². The third-order valence-corrected chi connectivity index (χ3v) is 5.52. The van der Waals surface area contributed by atoms with E-state index >= 15 is 0 Å². The molecule has 2 aromatic rings. The molecule has 0 saturated heterocycles. The molecular weight excluding hydrogens is 418 g/mol. The van der Waals surface area contributed by atoms with Crippen molar-refractivity contribution in [2.75, 3.05) is 7.11 Å². The highest BCUT2D eigenvalue weighted by Crippen LogP contribution is 2.44. The van der Waals surface area contributed by atoms with Gasteiger partial charge in [-0.3, -0.25) is 4.79 Å². The monoisotopic (exact) mass is 438 g/mol. The van der Waals surface area contributed by atoms with E-state index < -0.39 is 17.6 Å². The molecule has 0 saturated carbocycles. The Hall–Kier alpha value is -3.86. The van der Waals surface area contributed by atoms with Crippen LogP contribution in [0.1, 0.15) is 36.3 Å². The fourth-order valence-electron chi connectivity index (χ4n) is 4.03. The van der Waals surface area contributed by atoms with Gasteiger partial charge >= 0.3 is 0 Å². The minimum absolute atomic E-state index is 0.0204. The van der Waals surface area contributed by atoms with Crippen LogP contribution in [0.5, 0.6) is 11.5 Å². The number of hydrogen-bond acceptors (Lipinski definition) is 6. The molecule has 1 atom stereocenters. The van der Waals surface area contributed by atoms with Gasteiger partial charge in [-0.25, -0.2) is 8.78 Å². The highest BCUT2D eigenvalue weighted by atomic mass is 19.1. The Kier molecular flexibility index (Phi) is 5.82. The number of halogens is 2. The van der Waals surface area contributed by atoms with E-state index in [0.717, 1.165) is 12.1 Å². The summed E-state index contributed by atoms with van der Waals surface area (Å²) in [6, 6.07) is 10.3. The Morgan fingerprint density at radius 3 is 2.69 bits per heavy atom. The summed E-state index contributed by atoms with van der Waals surface area (Å²) in [5.74, 6) is -1.46. The normalized spacial score (nSPS) is 18.1. The molecule has 0 amide bonds. The summed E-state index contributed by atoms with van der Waals surface area (Å²) in [5.41, 5.74) is 7.77. The predicted octanol–water partition coefficient (Wildman–Crippen LogP) is 4.37. The number of ether oxygens (including phenoxy) is 3. The van der Waals surface area contributed by atoms with E-state index in [0.29, 0.717) is 47.5 Å². The number of rotatable bonds is 5. The number of nitrogens with zero attached hydrogens (tertiary/aromatic N) is 1. The largest absolute Gasteiger partial charge is 0.496 e. The Morgan fingerprint density at radius 1 is 1.19 bits per heavy atom. The summed E-state index contributed by atoms with van der Waals surface area (Å²) in [6.07, 6.45) is 1.59. The van der Waals surface area contributed by atoms with E-state index in [4.69, 9.17) is 19.9 Å². The zero-order chi connectivity index (χ0) is 22.8. The zero-order valence-corrected chi connectivity index (χ0v) is 17.3. The zero-order valence-electron chi connectivity index (χ0n) is 17.3. The number of nitrogens with two attached hydrogens (primary N) is 1. The van der Waals surface area contributed by atoms with Gasteiger partial charge in [0, 0.05) is 30.0 Å². The van der Waals surface area contributed by atoms with Gasteiger partial charge in [0.15, 0.2) is 17.3 Å². The Balaban J connectivity index is 1.73. The predicted molar refractivity (Wildman–Crippen MR) is 110 cm³/mol. The van der Waals surface area contributed by atoms with Gasteiger partial charge in [0.1, 0.15) is 35.6 Å². The first-order chi connectivity index (χ1) is 15.4. The number of allylic oxidation sites excluding steroid dienone is 3. The van der Waals surface area contributed by atoms with Crippen molar-refractivity contribution in [3.05, 3.63) is 81.9 Å². The van der Waals surface area contributed by atoms with E-state index in [1.165, 1.54) is 13.2 Å². The smallest absolute Gasteiger partial charge is 0.205 e. The van der Waals surface area contributed by atoms with E-state index in [9.17, 15) is 18.8 Å². The molecule has 1 aliphatic heterocycles. The Labute approximate surface area is 183 Å². The van der Waals surface area contributed by atoms with Crippen LogP contribution in [0.3, 0.4) is 0 Å². The molecule has 0 bridgehead atoms.